The van der Waals surface area contributed by atoms with Crippen molar-refractivity contribution in [2.75, 3.05) is 39.5 Å². The van der Waals surface area contributed by atoms with Crippen molar-refractivity contribution >= 4 is 0 Å². The topological polar surface area (TPSA) is 62.2 Å². The highest BCUT2D eigenvalue weighted by Gasteiger charge is 2.15. The second-order valence-corrected chi connectivity index (χ2v) is 5.43. The van der Waals surface area contributed by atoms with E-state index in [4.69, 9.17) is 14.6 Å². The maximum absolute atomic E-state index is 9.41. The van der Waals surface area contributed by atoms with Crippen LogP contribution in [0.25, 0.3) is 0 Å². The highest BCUT2D eigenvalue weighted by atomic mass is 16.5. The molecule has 0 spiro atoms. The van der Waals surface area contributed by atoms with E-state index in [1.807, 2.05) is 6.92 Å². The van der Waals surface area contributed by atoms with Gasteiger partial charge in [0.25, 0.3) is 0 Å². The molecule has 0 aliphatic carbocycles. The van der Waals surface area contributed by atoms with Crippen molar-refractivity contribution in [3.8, 4) is 0 Å². The summed E-state index contributed by atoms with van der Waals surface area (Å²) in [4.78, 5) is 2.32. The minimum absolute atomic E-state index is 0.0209. The van der Waals surface area contributed by atoms with Crippen molar-refractivity contribution in [2.45, 2.75) is 58.8 Å². The van der Waals surface area contributed by atoms with Gasteiger partial charge in [0.2, 0.25) is 0 Å². The summed E-state index contributed by atoms with van der Waals surface area (Å²) in [6.07, 6.45) is 1.49. The van der Waals surface area contributed by atoms with Crippen LogP contribution in [0.15, 0.2) is 0 Å². The fourth-order valence-electron chi connectivity index (χ4n) is 2.00. The first kappa shape index (κ1) is 19.8. The third-order valence-electron chi connectivity index (χ3n) is 2.93. The molecule has 5 nitrogen and oxygen atoms in total. The first-order chi connectivity index (χ1) is 9.53. The lowest BCUT2D eigenvalue weighted by molar-refractivity contribution is -0.0736. The van der Waals surface area contributed by atoms with Crippen LogP contribution in [-0.4, -0.2) is 72.9 Å². The standard InChI is InChI=1S/C15H33NO4/c1-5-7-16(8-6-2)9-15(10-17)20-12-14(4)19-11-13(3)18/h13-15,17-18H,5-12H2,1-4H3. The zero-order chi connectivity index (χ0) is 15.4. The second kappa shape index (κ2) is 12.5. The number of hydrogen-bond acceptors (Lipinski definition) is 5. The Balaban J connectivity index is 3.99. The minimum atomic E-state index is -0.462. The summed E-state index contributed by atoms with van der Waals surface area (Å²) < 4.78 is 11.1. The van der Waals surface area contributed by atoms with Gasteiger partial charge >= 0.3 is 0 Å². The molecule has 3 unspecified atom stereocenters. The summed E-state index contributed by atoms with van der Waals surface area (Å²) in [5, 5.41) is 18.6. The molecule has 0 rings (SSSR count). The zero-order valence-corrected chi connectivity index (χ0v) is 13.5. The van der Waals surface area contributed by atoms with E-state index in [9.17, 15) is 5.11 Å². The molecule has 0 radical (unpaired) electrons. The maximum atomic E-state index is 9.41. The first-order valence-corrected chi connectivity index (χ1v) is 7.77. The fourth-order valence-corrected chi connectivity index (χ4v) is 2.00. The number of ether oxygens (including phenoxy) is 2. The zero-order valence-electron chi connectivity index (χ0n) is 13.5. The molecule has 3 atom stereocenters. The molecule has 0 aromatic heterocycles. The van der Waals surface area contributed by atoms with E-state index in [2.05, 4.69) is 18.7 Å². The minimum Gasteiger partial charge on any atom is -0.394 e. The van der Waals surface area contributed by atoms with Crippen molar-refractivity contribution < 1.29 is 19.7 Å². The molecule has 0 aromatic carbocycles. The molecule has 0 saturated carbocycles. The molecule has 20 heavy (non-hydrogen) atoms. The number of rotatable bonds is 13. The summed E-state index contributed by atoms with van der Waals surface area (Å²) in [5.41, 5.74) is 0. The quantitative estimate of drug-likeness (QED) is 0.535. The average Bonchev–Trinajstić information content (AvgIpc) is 2.41. The van der Waals surface area contributed by atoms with Gasteiger partial charge in [-0.25, -0.2) is 0 Å². The number of aliphatic hydroxyl groups excluding tert-OH is 2. The Morgan fingerprint density at radius 3 is 2.05 bits per heavy atom. The predicted molar refractivity (Wildman–Crippen MR) is 80.9 cm³/mol. The van der Waals surface area contributed by atoms with Crippen LogP contribution in [0.3, 0.4) is 0 Å². The van der Waals surface area contributed by atoms with E-state index in [-0.39, 0.29) is 18.8 Å². The van der Waals surface area contributed by atoms with Crippen molar-refractivity contribution in [1.29, 1.82) is 0 Å². The van der Waals surface area contributed by atoms with E-state index < -0.39 is 6.10 Å². The summed E-state index contributed by atoms with van der Waals surface area (Å²) in [6, 6.07) is 0. The van der Waals surface area contributed by atoms with Crippen LogP contribution in [0.5, 0.6) is 0 Å². The van der Waals surface area contributed by atoms with E-state index in [0.29, 0.717) is 13.2 Å². The molecule has 122 valence electrons. The molecule has 0 heterocycles. The van der Waals surface area contributed by atoms with Crippen molar-refractivity contribution in [3.63, 3.8) is 0 Å². The van der Waals surface area contributed by atoms with E-state index >= 15 is 0 Å². The lowest BCUT2D eigenvalue weighted by Gasteiger charge is -2.27. The van der Waals surface area contributed by atoms with Crippen molar-refractivity contribution in [1.82, 2.24) is 4.90 Å². The van der Waals surface area contributed by atoms with Crippen LogP contribution >= 0.6 is 0 Å². The van der Waals surface area contributed by atoms with Gasteiger partial charge in [-0.2, -0.15) is 0 Å². The van der Waals surface area contributed by atoms with E-state index in [1.54, 1.807) is 6.92 Å². The smallest absolute Gasteiger partial charge is 0.0933 e. The van der Waals surface area contributed by atoms with Gasteiger partial charge in [0.15, 0.2) is 0 Å². The lowest BCUT2D eigenvalue weighted by atomic mass is 10.3. The molecule has 0 fully saturated rings. The van der Waals surface area contributed by atoms with Crippen LogP contribution in [0.1, 0.15) is 40.5 Å². The average molecular weight is 291 g/mol. The molecular formula is C15H33NO4. The third-order valence-corrected chi connectivity index (χ3v) is 2.93. The molecule has 0 amide bonds. The SMILES string of the molecule is CCCN(CCC)CC(CO)OCC(C)OCC(C)O. The van der Waals surface area contributed by atoms with Crippen LogP contribution in [0.2, 0.25) is 0 Å². The fraction of sp³-hybridized carbons (Fsp3) is 1.00. The molecule has 5 heteroatoms. The number of hydrogen-bond donors (Lipinski definition) is 2. The Kier molecular flexibility index (Phi) is 12.4. The summed E-state index contributed by atoms with van der Waals surface area (Å²) in [7, 11) is 0. The van der Waals surface area contributed by atoms with Crippen LogP contribution in [0, 0.1) is 0 Å². The van der Waals surface area contributed by atoms with Gasteiger partial charge in [0, 0.05) is 6.54 Å². The lowest BCUT2D eigenvalue weighted by Crippen LogP contribution is -2.38. The van der Waals surface area contributed by atoms with Gasteiger partial charge < -0.3 is 24.6 Å². The van der Waals surface area contributed by atoms with E-state index in [0.717, 1.165) is 32.5 Å². The number of nitrogens with zero attached hydrogens (tertiary/aromatic N) is 1. The second-order valence-electron chi connectivity index (χ2n) is 5.43. The van der Waals surface area contributed by atoms with Gasteiger partial charge in [0.05, 0.1) is 38.1 Å². The third kappa shape index (κ3) is 10.6. The predicted octanol–water partition coefficient (Wildman–Crippen LogP) is 1.27. The Hall–Kier alpha value is -0.200. The van der Waals surface area contributed by atoms with Gasteiger partial charge in [0.1, 0.15) is 0 Å². The Morgan fingerprint density at radius 2 is 1.60 bits per heavy atom. The Bertz CT molecular complexity index is 208. The summed E-state index contributed by atoms with van der Waals surface area (Å²) in [6.45, 7) is 11.5. The molecule has 0 aromatic rings. The summed E-state index contributed by atoms with van der Waals surface area (Å²) >= 11 is 0. The van der Waals surface area contributed by atoms with Gasteiger partial charge in [-0.1, -0.05) is 13.8 Å². The molecular weight excluding hydrogens is 258 g/mol. The molecule has 0 aliphatic rings. The van der Waals surface area contributed by atoms with Crippen LogP contribution in [-0.2, 0) is 9.47 Å². The van der Waals surface area contributed by atoms with Crippen LogP contribution < -0.4 is 0 Å². The molecule has 0 saturated heterocycles. The van der Waals surface area contributed by atoms with Crippen molar-refractivity contribution in [2.24, 2.45) is 0 Å². The molecule has 2 N–H and O–H groups in total. The van der Waals surface area contributed by atoms with Gasteiger partial charge in [-0.15, -0.1) is 0 Å². The highest BCUT2D eigenvalue weighted by Crippen LogP contribution is 2.03. The van der Waals surface area contributed by atoms with Gasteiger partial charge in [-0.3, -0.25) is 0 Å². The highest BCUT2D eigenvalue weighted by molar-refractivity contribution is 4.66. The Labute approximate surface area is 123 Å². The van der Waals surface area contributed by atoms with E-state index in [1.165, 1.54) is 0 Å². The first-order valence-electron chi connectivity index (χ1n) is 7.77. The summed E-state index contributed by atoms with van der Waals surface area (Å²) in [5.74, 6) is 0. The monoisotopic (exact) mass is 291 g/mol. The van der Waals surface area contributed by atoms with Crippen LogP contribution in [0.4, 0.5) is 0 Å². The molecule has 0 bridgehead atoms. The Morgan fingerprint density at radius 1 is 1.00 bits per heavy atom. The van der Waals surface area contributed by atoms with Crippen molar-refractivity contribution in [3.05, 3.63) is 0 Å². The van der Waals surface area contributed by atoms with Gasteiger partial charge in [-0.05, 0) is 39.8 Å². The largest absolute Gasteiger partial charge is 0.394 e. The maximum Gasteiger partial charge on any atom is 0.0933 e. The normalized spacial score (nSPS) is 16.4. The number of aliphatic hydroxyl groups is 2. The molecule has 0 aliphatic heterocycles.